The third-order valence-corrected chi connectivity index (χ3v) is 2.72. The summed E-state index contributed by atoms with van der Waals surface area (Å²) in [6, 6.07) is 2.34. The summed E-state index contributed by atoms with van der Waals surface area (Å²) in [6.07, 6.45) is 4.07. The number of nitrogens with zero attached hydrogens (tertiary/aromatic N) is 5. The topological polar surface area (TPSA) is 57.7 Å². The van der Waals surface area contributed by atoms with Crippen molar-refractivity contribution in [2.24, 2.45) is 13.0 Å². The van der Waals surface area contributed by atoms with E-state index < -0.39 is 0 Å². The van der Waals surface area contributed by atoms with Crippen molar-refractivity contribution in [1.29, 1.82) is 5.26 Å². The third kappa shape index (κ3) is 2.54. The molecule has 0 radical (unpaired) electrons. The molecule has 1 aliphatic heterocycles. The van der Waals surface area contributed by atoms with Gasteiger partial charge in [-0.2, -0.15) is 5.26 Å². The molecule has 15 heavy (non-hydrogen) atoms. The summed E-state index contributed by atoms with van der Waals surface area (Å²) < 4.78 is 1.71. The van der Waals surface area contributed by atoms with Crippen LogP contribution in [0, 0.1) is 17.2 Å². The van der Waals surface area contributed by atoms with Crippen molar-refractivity contribution in [2.75, 3.05) is 13.1 Å². The van der Waals surface area contributed by atoms with Crippen molar-refractivity contribution in [3.05, 3.63) is 11.9 Å². The van der Waals surface area contributed by atoms with Crippen molar-refractivity contribution in [1.82, 2.24) is 19.9 Å². The molecule has 5 nitrogen and oxygen atoms in total. The summed E-state index contributed by atoms with van der Waals surface area (Å²) in [5, 5.41) is 16.8. The minimum Gasteiger partial charge on any atom is -0.296 e. The largest absolute Gasteiger partial charge is 0.296 e. The third-order valence-electron chi connectivity index (χ3n) is 2.72. The van der Waals surface area contributed by atoms with E-state index in [4.69, 9.17) is 5.26 Å². The second kappa shape index (κ2) is 4.41. The van der Waals surface area contributed by atoms with Gasteiger partial charge < -0.3 is 0 Å². The lowest BCUT2D eigenvalue weighted by Gasteiger charge is -2.28. The van der Waals surface area contributed by atoms with Gasteiger partial charge in [0.2, 0.25) is 0 Å². The van der Waals surface area contributed by atoms with E-state index in [0.717, 1.165) is 38.2 Å². The number of hydrogen-bond acceptors (Lipinski definition) is 4. The van der Waals surface area contributed by atoms with E-state index in [1.807, 2.05) is 13.2 Å². The van der Waals surface area contributed by atoms with E-state index in [-0.39, 0.29) is 5.92 Å². The van der Waals surface area contributed by atoms with Gasteiger partial charge in [0.25, 0.3) is 0 Å². The first-order valence-corrected chi connectivity index (χ1v) is 5.25. The van der Waals surface area contributed by atoms with Gasteiger partial charge in [0, 0.05) is 26.3 Å². The molecule has 1 unspecified atom stereocenters. The Morgan fingerprint density at radius 1 is 1.67 bits per heavy atom. The molecule has 0 bridgehead atoms. The maximum absolute atomic E-state index is 8.87. The number of rotatable bonds is 2. The van der Waals surface area contributed by atoms with E-state index in [1.54, 1.807) is 4.68 Å². The molecular weight excluding hydrogens is 190 g/mol. The summed E-state index contributed by atoms with van der Waals surface area (Å²) in [6.45, 7) is 2.74. The quantitative estimate of drug-likeness (QED) is 0.707. The van der Waals surface area contributed by atoms with Gasteiger partial charge in [-0.1, -0.05) is 5.21 Å². The van der Waals surface area contributed by atoms with Gasteiger partial charge in [-0.05, 0) is 19.4 Å². The zero-order valence-electron chi connectivity index (χ0n) is 8.93. The van der Waals surface area contributed by atoms with Crippen molar-refractivity contribution in [3.8, 4) is 6.07 Å². The molecule has 80 valence electrons. The number of piperidine rings is 1. The van der Waals surface area contributed by atoms with Crippen LogP contribution in [0.2, 0.25) is 0 Å². The van der Waals surface area contributed by atoms with Crippen LogP contribution in [0.4, 0.5) is 0 Å². The molecule has 0 aliphatic carbocycles. The highest BCUT2D eigenvalue weighted by Crippen LogP contribution is 2.16. The van der Waals surface area contributed by atoms with Gasteiger partial charge in [0.05, 0.1) is 17.7 Å². The fourth-order valence-electron chi connectivity index (χ4n) is 2.00. The fourth-order valence-corrected chi connectivity index (χ4v) is 2.00. The molecule has 0 aromatic carbocycles. The average molecular weight is 205 g/mol. The Bertz CT molecular complexity index is 364. The SMILES string of the molecule is Cn1cc(CN2CCCC(C#N)C2)nn1. The van der Waals surface area contributed by atoms with E-state index in [9.17, 15) is 0 Å². The molecule has 1 fully saturated rings. The molecule has 1 aromatic heterocycles. The van der Waals surface area contributed by atoms with Crippen molar-refractivity contribution in [2.45, 2.75) is 19.4 Å². The summed E-state index contributed by atoms with van der Waals surface area (Å²) in [4.78, 5) is 2.28. The normalized spacial score (nSPS) is 22.5. The Labute approximate surface area is 89.3 Å². The first-order valence-electron chi connectivity index (χ1n) is 5.25. The van der Waals surface area contributed by atoms with Gasteiger partial charge in [0.1, 0.15) is 0 Å². The molecule has 1 aromatic rings. The zero-order chi connectivity index (χ0) is 10.7. The summed E-state index contributed by atoms with van der Waals surface area (Å²) >= 11 is 0. The Morgan fingerprint density at radius 3 is 3.20 bits per heavy atom. The monoisotopic (exact) mass is 205 g/mol. The predicted octanol–water partition coefficient (Wildman–Crippen LogP) is 0.551. The number of hydrogen-bond donors (Lipinski definition) is 0. The smallest absolute Gasteiger partial charge is 0.0967 e. The molecule has 0 spiro atoms. The highest BCUT2D eigenvalue weighted by atomic mass is 15.4. The second-order valence-electron chi connectivity index (χ2n) is 4.09. The van der Waals surface area contributed by atoms with E-state index in [0.29, 0.717) is 0 Å². The standard InChI is InChI=1S/C10H15N5/c1-14-7-10(12-13-14)8-15-4-2-3-9(5-11)6-15/h7,9H,2-4,6,8H2,1H3. The molecule has 2 rings (SSSR count). The second-order valence-corrected chi connectivity index (χ2v) is 4.09. The molecule has 0 N–H and O–H groups in total. The number of nitriles is 1. The maximum Gasteiger partial charge on any atom is 0.0967 e. The Kier molecular flexibility index (Phi) is 2.97. The number of aryl methyl sites for hydroxylation is 1. The van der Waals surface area contributed by atoms with Crippen LogP contribution >= 0.6 is 0 Å². The van der Waals surface area contributed by atoms with Crippen molar-refractivity contribution < 1.29 is 0 Å². The van der Waals surface area contributed by atoms with E-state index in [2.05, 4.69) is 21.3 Å². The van der Waals surface area contributed by atoms with Gasteiger partial charge in [-0.25, -0.2) is 0 Å². The van der Waals surface area contributed by atoms with Crippen LogP contribution in [0.15, 0.2) is 6.20 Å². The minimum absolute atomic E-state index is 0.190. The lowest BCUT2D eigenvalue weighted by Crippen LogP contribution is -2.34. The van der Waals surface area contributed by atoms with Crippen LogP contribution in [0.1, 0.15) is 18.5 Å². The Hall–Kier alpha value is -1.41. The first-order chi connectivity index (χ1) is 7.28. The average Bonchev–Trinajstić information content (AvgIpc) is 2.64. The van der Waals surface area contributed by atoms with Crippen LogP contribution < -0.4 is 0 Å². The summed E-state index contributed by atoms with van der Waals surface area (Å²) in [5.41, 5.74) is 0.982. The molecule has 2 heterocycles. The van der Waals surface area contributed by atoms with Crippen LogP contribution in [-0.4, -0.2) is 33.0 Å². The number of aromatic nitrogens is 3. The summed E-state index contributed by atoms with van der Waals surface area (Å²) in [7, 11) is 1.87. The molecule has 1 aliphatic rings. The lowest BCUT2D eigenvalue weighted by molar-refractivity contribution is 0.190. The van der Waals surface area contributed by atoms with E-state index >= 15 is 0 Å². The van der Waals surface area contributed by atoms with Crippen LogP contribution in [-0.2, 0) is 13.6 Å². The van der Waals surface area contributed by atoms with Crippen molar-refractivity contribution >= 4 is 0 Å². The van der Waals surface area contributed by atoms with Gasteiger partial charge in [-0.15, -0.1) is 5.10 Å². The molecule has 0 amide bonds. The molecule has 1 atom stereocenters. The molecule has 1 saturated heterocycles. The van der Waals surface area contributed by atoms with Crippen molar-refractivity contribution in [3.63, 3.8) is 0 Å². The van der Waals surface area contributed by atoms with Crippen LogP contribution in [0.3, 0.4) is 0 Å². The maximum atomic E-state index is 8.87. The zero-order valence-corrected chi connectivity index (χ0v) is 8.93. The van der Waals surface area contributed by atoms with Gasteiger partial charge in [-0.3, -0.25) is 9.58 Å². The Balaban J connectivity index is 1.92. The summed E-state index contributed by atoms with van der Waals surface area (Å²) in [5.74, 6) is 0.190. The van der Waals surface area contributed by atoms with Gasteiger partial charge in [0.15, 0.2) is 0 Å². The Morgan fingerprint density at radius 2 is 2.53 bits per heavy atom. The number of likely N-dealkylation sites (tertiary alicyclic amines) is 1. The molecule has 5 heteroatoms. The highest BCUT2D eigenvalue weighted by Gasteiger charge is 2.19. The lowest BCUT2D eigenvalue weighted by atomic mass is 10.00. The first kappa shape index (κ1) is 10.1. The van der Waals surface area contributed by atoms with Crippen LogP contribution in [0.5, 0.6) is 0 Å². The van der Waals surface area contributed by atoms with Gasteiger partial charge >= 0.3 is 0 Å². The minimum atomic E-state index is 0.190. The van der Waals surface area contributed by atoms with Crippen LogP contribution in [0.25, 0.3) is 0 Å². The molecular formula is C10H15N5. The predicted molar refractivity (Wildman–Crippen MR) is 54.6 cm³/mol. The fraction of sp³-hybridized carbons (Fsp3) is 0.700. The highest BCUT2D eigenvalue weighted by molar-refractivity contribution is 4.95. The van der Waals surface area contributed by atoms with E-state index in [1.165, 1.54) is 0 Å². The molecule has 0 saturated carbocycles.